The van der Waals surface area contributed by atoms with Gasteiger partial charge in [0, 0.05) is 44.7 Å². The fraction of sp³-hybridized carbons (Fsp3) is 0.867. The molecule has 0 aliphatic carbocycles. The van der Waals surface area contributed by atoms with Gasteiger partial charge in [-0.15, -0.1) is 0 Å². The van der Waals surface area contributed by atoms with Crippen LogP contribution in [-0.4, -0.2) is 78.0 Å². The summed E-state index contributed by atoms with van der Waals surface area (Å²) in [6.45, 7) is 4.24. The first-order valence-electron chi connectivity index (χ1n) is 8.00. The largest absolute Gasteiger partial charge is 0.397 e. The van der Waals surface area contributed by atoms with Crippen LogP contribution in [-0.2, 0) is 9.59 Å². The van der Waals surface area contributed by atoms with E-state index in [9.17, 15) is 22.8 Å². The summed E-state index contributed by atoms with van der Waals surface area (Å²) in [5, 5.41) is 0. The Bertz CT molecular complexity index is 469. The third-order valence-electron chi connectivity index (χ3n) is 5.09. The summed E-state index contributed by atoms with van der Waals surface area (Å²) in [5.74, 6) is -0.788. The van der Waals surface area contributed by atoms with Crippen molar-refractivity contribution in [2.45, 2.75) is 44.3 Å². The number of rotatable bonds is 2. The molecule has 2 aliphatic rings. The second-order valence-electron chi connectivity index (χ2n) is 6.48. The molecule has 5 nitrogen and oxygen atoms in total. The number of nitrogens with zero attached hydrogens (tertiary/aromatic N) is 3. The van der Waals surface area contributed by atoms with Crippen LogP contribution in [0.3, 0.4) is 0 Å². The van der Waals surface area contributed by atoms with Gasteiger partial charge in [-0.3, -0.25) is 14.5 Å². The van der Waals surface area contributed by atoms with Crippen molar-refractivity contribution in [1.82, 2.24) is 14.7 Å². The first kappa shape index (κ1) is 18.0. The molecule has 2 rings (SSSR count). The second-order valence-corrected chi connectivity index (χ2v) is 6.48. The van der Waals surface area contributed by atoms with Gasteiger partial charge in [-0.05, 0) is 26.8 Å². The number of likely N-dealkylation sites (N-methyl/N-ethyl adjacent to an activating group) is 1. The van der Waals surface area contributed by atoms with Crippen LogP contribution >= 0.6 is 0 Å². The molecule has 0 aromatic heterocycles. The number of hydrogen-bond acceptors (Lipinski definition) is 3. The minimum Gasteiger partial charge on any atom is -0.343 e. The highest BCUT2D eigenvalue weighted by Gasteiger charge is 2.44. The van der Waals surface area contributed by atoms with E-state index in [0.29, 0.717) is 45.4 Å². The van der Waals surface area contributed by atoms with Gasteiger partial charge in [0.1, 0.15) is 6.42 Å². The summed E-state index contributed by atoms with van der Waals surface area (Å²) >= 11 is 0. The van der Waals surface area contributed by atoms with Crippen molar-refractivity contribution < 1.29 is 22.8 Å². The number of halogens is 3. The quantitative estimate of drug-likeness (QED) is 0.768. The van der Waals surface area contributed by atoms with Crippen LogP contribution in [0.2, 0.25) is 0 Å². The predicted molar refractivity (Wildman–Crippen MR) is 78.7 cm³/mol. The van der Waals surface area contributed by atoms with E-state index in [1.54, 1.807) is 4.90 Å². The number of hydrogen-bond donors (Lipinski definition) is 0. The average Bonchev–Trinajstić information content (AvgIpc) is 2.61. The van der Waals surface area contributed by atoms with Gasteiger partial charge in [0.2, 0.25) is 11.8 Å². The molecule has 0 N–H and O–H groups in total. The summed E-state index contributed by atoms with van der Waals surface area (Å²) in [6.07, 6.45) is -4.26. The van der Waals surface area contributed by atoms with Crippen molar-refractivity contribution in [1.29, 1.82) is 0 Å². The van der Waals surface area contributed by atoms with Gasteiger partial charge in [-0.1, -0.05) is 0 Å². The molecule has 23 heavy (non-hydrogen) atoms. The van der Waals surface area contributed by atoms with E-state index in [2.05, 4.69) is 4.90 Å². The van der Waals surface area contributed by atoms with E-state index in [4.69, 9.17) is 0 Å². The first-order chi connectivity index (χ1) is 10.7. The van der Waals surface area contributed by atoms with Crippen molar-refractivity contribution in [2.75, 3.05) is 39.8 Å². The van der Waals surface area contributed by atoms with Gasteiger partial charge >= 0.3 is 6.18 Å². The Kier molecular flexibility index (Phi) is 5.23. The summed E-state index contributed by atoms with van der Waals surface area (Å²) in [7, 11) is 1.93. The number of piperazine rings is 1. The average molecular weight is 335 g/mol. The van der Waals surface area contributed by atoms with Gasteiger partial charge in [0.05, 0.1) is 0 Å². The summed E-state index contributed by atoms with van der Waals surface area (Å²) in [6, 6.07) is 0. The second kappa shape index (κ2) is 6.67. The molecule has 0 radical (unpaired) electrons. The van der Waals surface area contributed by atoms with Gasteiger partial charge in [0.25, 0.3) is 0 Å². The molecule has 2 fully saturated rings. The lowest BCUT2D eigenvalue weighted by molar-refractivity contribution is -0.165. The molecule has 0 saturated carbocycles. The van der Waals surface area contributed by atoms with Crippen molar-refractivity contribution >= 4 is 11.8 Å². The van der Waals surface area contributed by atoms with Crippen LogP contribution in [0.25, 0.3) is 0 Å². The smallest absolute Gasteiger partial charge is 0.343 e. The third kappa shape index (κ3) is 4.16. The normalized spacial score (nSPS) is 27.4. The third-order valence-corrected chi connectivity index (χ3v) is 5.09. The van der Waals surface area contributed by atoms with E-state index < -0.39 is 24.0 Å². The first-order valence-corrected chi connectivity index (χ1v) is 8.00. The van der Waals surface area contributed by atoms with Gasteiger partial charge in [-0.2, -0.15) is 13.2 Å². The minimum absolute atomic E-state index is 0.0801. The standard InChI is InChI=1S/C15H24F3N3O2/c1-3-20-7-6-14(5-4-12(20)22)11-21(9-8-19(14)2)13(23)10-15(16,17)18/h3-11H2,1-2H3/t14-/m0/s1. The Balaban J connectivity index is 2.11. The summed E-state index contributed by atoms with van der Waals surface area (Å²) < 4.78 is 37.4. The lowest BCUT2D eigenvalue weighted by atomic mass is 9.86. The highest BCUT2D eigenvalue weighted by molar-refractivity contribution is 5.78. The molecule has 2 aliphatic heterocycles. The maximum absolute atomic E-state index is 12.5. The van der Waals surface area contributed by atoms with E-state index in [1.807, 2.05) is 14.0 Å². The lowest BCUT2D eigenvalue weighted by Gasteiger charge is -2.49. The maximum atomic E-state index is 12.5. The van der Waals surface area contributed by atoms with Crippen LogP contribution < -0.4 is 0 Å². The molecular formula is C15H24F3N3O2. The monoisotopic (exact) mass is 335 g/mol. The Hall–Kier alpha value is -1.31. The highest BCUT2D eigenvalue weighted by Crippen LogP contribution is 2.33. The van der Waals surface area contributed by atoms with Crippen LogP contribution in [0.15, 0.2) is 0 Å². The molecule has 0 aromatic rings. The minimum atomic E-state index is -4.48. The molecule has 1 atom stereocenters. The van der Waals surface area contributed by atoms with Crippen molar-refractivity contribution in [3.05, 3.63) is 0 Å². The van der Waals surface area contributed by atoms with Gasteiger partial charge in [0.15, 0.2) is 0 Å². The van der Waals surface area contributed by atoms with Crippen LogP contribution in [0, 0.1) is 0 Å². The predicted octanol–water partition coefficient (Wildman–Crippen LogP) is 1.48. The van der Waals surface area contributed by atoms with E-state index in [0.717, 1.165) is 0 Å². The summed E-state index contributed by atoms with van der Waals surface area (Å²) in [5.41, 5.74) is -0.404. The molecule has 0 aromatic carbocycles. The van der Waals surface area contributed by atoms with Crippen molar-refractivity contribution in [2.24, 2.45) is 0 Å². The number of carbonyl (C=O) groups excluding carboxylic acids is 2. The van der Waals surface area contributed by atoms with Crippen molar-refractivity contribution in [3.63, 3.8) is 0 Å². The topological polar surface area (TPSA) is 43.9 Å². The molecule has 2 amide bonds. The molecule has 2 heterocycles. The number of likely N-dealkylation sites (tertiary alicyclic amines) is 1. The molecule has 8 heteroatoms. The van der Waals surface area contributed by atoms with E-state index >= 15 is 0 Å². The molecule has 0 unspecified atom stereocenters. The van der Waals surface area contributed by atoms with Gasteiger partial charge < -0.3 is 9.80 Å². The number of amides is 2. The molecule has 132 valence electrons. The zero-order valence-electron chi connectivity index (χ0n) is 13.7. The fourth-order valence-electron chi connectivity index (χ4n) is 3.52. The Labute approximate surface area is 134 Å². The molecular weight excluding hydrogens is 311 g/mol. The highest BCUT2D eigenvalue weighted by atomic mass is 19.4. The van der Waals surface area contributed by atoms with Crippen LogP contribution in [0.4, 0.5) is 13.2 Å². The molecule has 0 bridgehead atoms. The number of carbonyl (C=O) groups is 2. The van der Waals surface area contributed by atoms with E-state index in [-0.39, 0.29) is 12.5 Å². The Morgan fingerprint density at radius 2 is 1.91 bits per heavy atom. The fourth-order valence-corrected chi connectivity index (χ4v) is 3.52. The molecule has 1 spiro atoms. The van der Waals surface area contributed by atoms with Gasteiger partial charge in [-0.25, -0.2) is 0 Å². The van der Waals surface area contributed by atoms with Crippen LogP contribution in [0.1, 0.15) is 32.6 Å². The lowest BCUT2D eigenvalue weighted by Crippen LogP contribution is -2.62. The zero-order chi connectivity index (χ0) is 17.3. The maximum Gasteiger partial charge on any atom is 0.397 e. The summed E-state index contributed by atoms with van der Waals surface area (Å²) in [4.78, 5) is 29.2. The Morgan fingerprint density at radius 1 is 1.22 bits per heavy atom. The van der Waals surface area contributed by atoms with Crippen molar-refractivity contribution in [3.8, 4) is 0 Å². The Morgan fingerprint density at radius 3 is 2.52 bits per heavy atom. The zero-order valence-corrected chi connectivity index (χ0v) is 13.7. The SMILES string of the molecule is CCN1CC[C@@]2(CCC1=O)CN(C(=O)CC(F)(F)F)CCN2C. The molecule has 2 saturated heterocycles. The number of alkyl halides is 3. The van der Waals surface area contributed by atoms with E-state index in [1.165, 1.54) is 4.90 Å². The van der Waals surface area contributed by atoms with Crippen LogP contribution in [0.5, 0.6) is 0 Å².